The summed E-state index contributed by atoms with van der Waals surface area (Å²) in [5.41, 5.74) is 2.23. The van der Waals surface area contributed by atoms with Crippen LogP contribution in [0.3, 0.4) is 0 Å². The van der Waals surface area contributed by atoms with Crippen molar-refractivity contribution < 1.29 is 29.0 Å². The molecular weight excluding hydrogens is 544 g/mol. The minimum atomic E-state index is -1.08. The third-order valence-electron chi connectivity index (χ3n) is 6.17. The molecule has 0 radical (unpaired) electrons. The Balaban J connectivity index is 1.73. The van der Waals surface area contributed by atoms with Crippen molar-refractivity contribution in [2.24, 2.45) is 0 Å². The first-order valence-electron chi connectivity index (χ1n) is 12.2. The van der Waals surface area contributed by atoms with Gasteiger partial charge in [0.2, 0.25) is 0 Å². The fourth-order valence-electron chi connectivity index (χ4n) is 4.33. The second-order valence-corrected chi connectivity index (χ2v) is 9.40. The van der Waals surface area contributed by atoms with Gasteiger partial charge in [-0.15, -0.1) is 0 Å². The summed E-state index contributed by atoms with van der Waals surface area (Å²) in [6, 6.07) is 14.8. The minimum absolute atomic E-state index is 0.0323. The Labute approximate surface area is 235 Å². The number of aromatic nitrogens is 1. The summed E-state index contributed by atoms with van der Waals surface area (Å²) in [7, 11) is 0. The summed E-state index contributed by atoms with van der Waals surface area (Å²) in [6.07, 6.45) is 0.493. The van der Waals surface area contributed by atoms with E-state index in [2.05, 4.69) is 10.3 Å². The number of hydrogen-bond acceptors (Lipinski definition) is 6. The van der Waals surface area contributed by atoms with Gasteiger partial charge in [0.25, 0.3) is 5.91 Å². The highest BCUT2D eigenvalue weighted by molar-refractivity contribution is 7.80. The van der Waals surface area contributed by atoms with Crippen molar-refractivity contribution in [1.82, 2.24) is 15.2 Å². The zero-order valence-electron chi connectivity index (χ0n) is 21.1. The van der Waals surface area contributed by atoms with Crippen LogP contribution in [0.15, 0.2) is 60.8 Å². The third-order valence-corrected chi connectivity index (χ3v) is 6.72. The van der Waals surface area contributed by atoms with Gasteiger partial charge in [0.05, 0.1) is 38.1 Å². The highest BCUT2D eigenvalue weighted by Crippen LogP contribution is 2.32. The number of aromatic amines is 1. The Morgan fingerprint density at radius 2 is 2.00 bits per heavy atom. The molecule has 2 amide bonds. The maximum atomic E-state index is 12.9. The summed E-state index contributed by atoms with van der Waals surface area (Å²) in [4.78, 5) is 43.4. The average Bonchev–Trinajstić information content (AvgIpc) is 3.42. The van der Waals surface area contributed by atoms with Gasteiger partial charge in [-0.1, -0.05) is 35.9 Å². The molecule has 0 aliphatic carbocycles. The fraction of sp³-hybridized carbons (Fsp3) is 0.259. The molecule has 3 N–H and O–H groups in total. The monoisotopic (exact) mass is 570 g/mol. The van der Waals surface area contributed by atoms with Crippen molar-refractivity contribution >= 4 is 52.6 Å². The van der Waals surface area contributed by atoms with Crippen molar-refractivity contribution in [2.45, 2.75) is 19.5 Å². The standard InChI is InChI=1S/C27H27ClN4O6S/c1-2-38-25(34)23-21(10-11-29-23)32(26(39)30-24(33)17-6-4-3-5-7-17)15-18-8-9-19(28)14-20(18)22-16-37-13-12-31(22)27(35)36/h3-11,14,22,29H,2,12-13,15-16H2,1H3,(H,35,36)(H,30,33,39). The van der Waals surface area contributed by atoms with Crippen molar-refractivity contribution in [3.63, 3.8) is 0 Å². The highest BCUT2D eigenvalue weighted by Gasteiger charge is 2.32. The smallest absolute Gasteiger partial charge is 0.407 e. The predicted molar refractivity (Wildman–Crippen MR) is 149 cm³/mol. The molecule has 0 saturated carbocycles. The summed E-state index contributed by atoms with van der Waals surface area (Å²) in [5.74, 6) is -1.01. The van der Waals surface area contributed by atoms with Crippen LogP contribution in [-0.2, 0) is 16.0 Å². The van der Waals surface area contributed by atoms with Gasteiger partial charge in [0, 0.05) is 23.3 Å². The molecule has 2 aromatic carbocycles. The van der Waals surface area contributed by atoms with E-state index in [1.54, 1.807) is 72.6 Å². The van der Waals surface area contributed by atoms with E-state index in [0.717, 1.165) is 0 Å². The van der Waals surface area contributed by atoms with Gasteiger partial charge in [-0.05, 0) is 60.6 Å². The molecule has 1 aromatic heterocycles. The molecule has 10 nitrogen and oxygen atoms in total. The Bertz CT molecular complexity index is 1370. The van der Waals surface area contributed by atoms with E-state index in [4.69, 9.17) is 33.3 Å². The van der Waals surface area contributed by atoms with Crippen LogP contribution in [0.4, 0.5) is 10.5 Å². The number of benzene rings is 2. The number of carbonyl (C=O) groups excluding carboxylic acids is 2. The average molecular weight is 571 g/mol. The first-order valence-corrected chi connectivity index (χ1v) is 13.0. The van der Waals surface area contributed by atoms with Crippen molar-refractivity contribution in [2.75, 3.05) is 31.3 Å². The Morgan fingerprint density at radius 1 is 1.23 bits per heavy atom. The number of thiocarbonyl (C=S) groups is 1. The SMILES string of the molecule is CCOC(=O)c1[nH]ccc1N(Cc1ccc(Cl)cc1C1COCCN1C(=O)O)C(=S)NC(=O)c1ccccc1. The Kier molecular flexibility index (Phi) is 9.18. The molecule has 0 bridgehead atoms. The number of carbonyl (C=O) groups is 3. The molecule has 2 heterocycles. The number of morpholine rings is 1. The van der Waals surface area contributed by atoms with E-state index in [0.29, 0.717) is 27.4 Å². The van der Waals surface area contributed by atoms with Crippen molar-refractivity contribution in [3.05, 3.63) is 88.2 Å². The summed E-state index contributed by atoms with van der Waals surface area (Å²) >= 11 is 12.0. The molecule has 1 unspecified atom stereocenters. The normalized spacial score (nSPS) is 14.9. The number of hydrogen-bond donors (Lipinski definition) is 3. The largest absolute Gasteiger partial charge is 0.465 e. The van der Waals surface area contributed by atoms with Crippen LogP contribution >= 0.6 is 23.8 Å². The molecule has 0 spiro atoms. The number of nitrogens with one attached hydrogen (secondary N) is 2. The summed E-state index contributed by atoms with van der Waals surface area (Å²) in [6.45, 7) is 2.57. The molecule has 3 aromatic rings. The van der Waals surface area contributed by atoms with E-state index in [1.807, 2.05) is 0 Å². The Morgan fingerprint density at radius 3 is 2.72 bits per heavy atom. The second kappa shape index (κ2) is 12.7. The number of ether oxygens (including phenoxy) is 2. The Hall–Kier alpha value is -3.93. The number of esters is 1. The first-order chi connectivity index (χ1) is 18.8. The number of amides is 2. The van der Waals surface area contributed by atoms with E-state index < -0.39 is 24.0 Å². The van der Waals surface area contributed by atoms with Gasteiger partial charge in [-0.25, -0.2) is 9.59 Å². The summed E-state index contributed by atoms with van der Waals surface area (Å²) in [5, 5.41) is 13.0. The molecule has 12 heteroatoms. The zero-order chi connectivity index (χ0) is 27.9. The van der Waals surface area contributed by atoms with E-state index in [-0.39, 0.29) is 43.7 Å². The highest BCUT2D eigenvalue weighted by atomic mass is 35.5. The number of H-pyrrole nitrogens is 1. The van der Waals surface area contributed by atoms with E-state index in [9.17, 15) is 19.5 Å². The van der Waals surface area contributed by atoms with Crippen LogP contribution in [0, 0.1) is 0 Å². The van der Waals surface area contributed by atoms with Gasteiger partial charge in [0.15, 0.2) is 5.11 Å². The number of halogens is 1. The zero-order valence-corrected chi connectivity index (χ0v) is 22.6. The third kappa shape index (κ3) is 6.56. The van der Waals surface area contributed by atoms with Crippen LogP contribution in [0.1, 0.15) is 44.9 Å². The first kappa shape index (κ1) is 28.1. The van der Waals surface area contributed by atoms with Gasteiger partial charge < -0.3 is 24.5 Å². The number of anilines is 1. The molecule has 1 saturated heterocycles. The molecule has 1 aliphatic heterocycles. The van der Waals surface area contributed by atoms with Crippen molar-refractivity contribution in [3.8, 4) is 0 Å². The predicted octanol–water partition coefficient (Wildman–Crippen LogP) is 4.62. The maximum Gasteiger partial charge on any atom is 0.407 e. The molecule has 1 atom stereocenters. The topological polar surface area (TPSA) is 124 Å². The van der Waals surface area contributed by atoms with Crippen LogP contribution in [0.25, 0.3) is 0 Å². The lowest BCUT2D eigenvalue weighted by Crippen LogP contribution is -2.44. The molecular formula is C27H27ClN4O6S. The number of nitrogens with zero attached hydrogens (tertiary/aromatic N) is 2. The van der Waals surface area contributed by atoms with Gasteiger partial charge >= 0.3 is 12.1 Å². The molecule has 4 rings (SSSR count). The van der Waals surface area contributed by atoms with Crippen LogP contribution in [0.2, 0.25) is 5.02 Å². The minimum Gasteiger partial charge on any atom is -0.465 e. The van der Waals surface area contributed by atoms with E-state index in [1.165, 1.54) is 4.90 Å². The lowest BCUT2D eigenvalue weighted by molar-refractivity contribution is -0.00116. The molecule has 39 heavy (non-hydrogen) atoms. The second-order valence-electron chi connectivity index (χ2n) is 8.58. The van der Waals surface area contributed by atoms with Gasteiger partial charge in [0.1, 0.15) is 5.69 Å². The lowest BCUT2D eigenvalue weighted by Gasteiger charge is -2.35. The summed E-state index contributed by atoms with van der Waals surface area (Å²) < 4.78 is 10.8. The quantitative estimate of drug-likeness (QED) is 0.278. The number of carboxylic acid groups (broad SMARTS) is 1. The van der Waals surface area contributed by atoms with Gasteiger partial charge in [-0.2, -0.15) is 0 Å². The van der Waals surface area contributed by atoms with Crippen LogP contribution in [0.5, 0.6) is 0 Å². The van der Waals surface area contributed by atoms with Crippen molar-refractivity contribution in [1.29, 1.82) is 0 Å². The molecule has 1 fully saturated rings. The number of rotatable bonds is 7. The van der Waals surface area contributed by atoms with Crippen LogP contribution < -0.4 is 10.2 Å². The molecule has 204 valence electrons. The van der Waals surface area contributed by atoms with Crippen LogP contribution in [-0.4, -0.2) is 64.4 Å². The molecule has 1 aliphatic rings. The van der Waals surface area contributed by atoms with Gasteiger partial charge in [-0.3, -0.25) is 15.0 Å². The lowest BCUT2D eigenvalue weighted by atomic mass is 9.98. The fourth-order valence-corrected chi connectivity index (χ4v) is 4.76. The maximum absolute atomic E-state index is 12.9. The van der Waals surface area contributed by atoms with E-state index >= 15 is 0 Å².